The zero-order valence-corrected chi connectivity index (χ0v) is 14.4. The molecule has 1 aromatic heterocycles. The number of carbonyl (C=O) groups is 2. The molecule has 0 aliphatic heterocycles. The lowest BCUT2D eigenvalue weighted by molar-refractivity contribution is -0.117. The van der Waals surface area contributed by atoms with Gasteiger partial charge in [0.25, 0.3) is 0 Å². The first kappa shape index (κ1) is 15.7. The number of aryl methyl sites for hydroxylation is 1. The quantitative estimate of drug-likeness (QED) is 0.860. The fraction of sp³-hybridized carbons (Fsp3) is 0.312. The molecule has 1 aliphatic rings. The summed E-state index contributed by atoms with van der Waals surface area (Å²) in [5.41, 5.74) is 2.27. The molecule has 2 unspecified atom stereocenters. The first-order chi connectivity index (χ1) is 10.9. The van der Waals surface area contributed by atoms with Crippen LogP contribution in [0.3, 0.4) is 0 Å². The summed E-state index contributed by atoms with van der Waals surface area (Å²) in [5.74, 6) is -0.0468. The summed E-state index contributed by atoms with van der Waals surface area (Å²) < 4.78 is 2.58. The van der Waals surface area contributed by atoms with Crippen molar-refractivity contribution in [2.24, 2.45) is 13.0 Å². The zero-order chi connectivity index (χ0) is 16.6. The molecule has 2 aromatic rings. The Morgan fingerprint density at radius 1 is 1.30 bits per heavy atom. The summed E-state index contributed by atoms with van der Waals surface area (Å²) in [6, 6.07) is 5.35. The Morgan fingerprint density at radius 2 is 2.09 bits per heavy atom. The molecule has 2 amide bonds. The van der Waals surface area contributed by atoms with Crippen molar-refractivity contribution in [3.63, 3.8) is 0 Å². The molecule has 7 heteroatoms. The van der Waals surface area contributed by atoms with Gasteiger partial charge in [-0.05, 0) is 36.1 Å². The molecule has 1 heterocycles. The minimum atomic E-state index is -0.178. The van der Waals surface area contributed by atoms with Crippen molar-refractivity contribution in [3.8, 4) is 0 Å². The van der Waals surface area contributed by atoms with Crippen molar-refractivity contribution in [2.45, 2.75) is 19.3 Å². The molecule has 0 saturated heterocycles. The molecule has 6 nitrogen and oxygen atoms in total. The van der Waals surface area contributed by atoms with Crippen molar-refractivity contribution in [3.05, 3.63) is 40.6 Å². The number of benzene rings is 1. The molecule has 120 valence electrons. The molecule has 0 radical (unpaired) electrons. The molecule has 2 N–H and O–H groups in total. The van der Waals surface area contributed by atoms with E-state index in [1.165, 1.54) is 6.92 Å². The van der Waals surface area contributed by atoms with Crippen LogP contribution in [-0.2, 0) is 16.6 Å². The summed E-state index contributed by atoms with van der Waals surface area (Å²) in [4.78, 5) is 23.7. The average Bonchev–Trinajstić information content (AvgIpc) is 3.17. The number of halogens is 1. The molecule has 1 fully saturated rings. The van der Waals surface area contributed by atoms with Crippen molar-refractivity contribution >= 4 is 39.1 Å². The van der Waals surface area contributed by atoms with Gasteiger partial charge in [0.15, 0.2) is 0 Å². The lowest BCUT2D eigenvalue weighted by Crippen LogP contribution is -2.17. The maximum absolute atomic E-state index is 12.4. The van der Waals surface area contributed by atoms with Gasteiger partial charge in [-0.3, -0.25) is 14.3 Å². The second kappa shape index (κ2) is 6.16. The summed E-state index contributed by atoms with van der Waals surface area (Å²) in [5, 5.41) is 9.78. The highest BCUT2D eigenvalue weighted by atomic mass is 79.9. The summed E-state index contributed by atoms with van der Waals surface area (Å²) >= 11 is 3.38. The van der Waals surface area contributed by atoms with Crippen LogP contribution in [0.5, 0.6) is 0 Å². The zero-order valence-electron chi connectivity index (χ0n) is 12.8. The number of hydrogen-bond donors (Lipinski definition) is 2. The first-order valence-corrected chi connectivity index (χ1v) is 8.10. The van der Waals surface area contributed by atoms with Crippen LogP contribution in [0.4, 0.5) is 11.4 Å². The predicted molar refractivity (Wildman–Crippen MR) is 91.1 cm³/mol. The van der Waals surface area contributed by atoms with Crippen molar-refractivity contribution in [2.75, 3.05) is 10.6 Å². The van der Waals surface area contributed by atoms with Crippen LogP contribution < -0.4 is 10.6 Å². The average molecular weight is 377 g/mol. The van der Waals surface area contributed by atoms with Crippen LogP contribution in [0.15, 0.2) is 35.1 Å². The van der Waals surface area contributed by atoms with Crippen LogP contribution in [0.2, 0.25) is 0 Å². The van der Waals surface area contributed by atoms with Crippen molar-refractivity contribution in [1.82, 2.24) is 9.78 Å². The van der Waals surface area contributed by atoms with Gasteiger partial charge in [0.05, 0.1) is 17.6 Å². The number of carbonyl (C=O) groups excluding carboxylic acids is 2. The summed E-state index contributed by atoms with van der Waals surface area (Å²) in [6.07, 6.45) is 4.57. The molecule has 0 spiro atoms. The van der Waals surface area contributed by atoms with E-state index in [4.69, 9.17) is 0 Å². The first-order valence-electron chi connectivity index (χ1n) is 7.30. The standard InChI is InChI=1S/C16H17BrN4O2/c1-9(22)19-14-4-3-11(17)5-15(14)20-16(23)13-6-12(13)10-7-18-21(2)8-10/h3-5,7-8,12-13H,6H2,1-2H3,(H,19,22)(H,20,23). The normalized spacial score (nSPS) is 19.3. The van der Waals surface area contributed by atoms with E-state index in [0.717, 1.165) is 16.5 Å². The van der Waals surface area contributed by atoms with Gasteiger partial charge in [0.1, 0.15) is 0 Å². The van der Waals surface area contributed by atoms with Crippen LogP contribution in [-0.4, -0.2) is 21.6 Å². The fourth-order valence-electron chi connectivity index (χ4n) is 2.63. The molecule has 1 saturated carbocycles. The highest BCUT2D eigenvalue weighted by Crippen LogP contribution is 2.48. The highest BCUT2D eigenvalue weighted by molar-refractivity contribution is 9.10. The van der Waals surface area contributed by atoms with Gasteiger partial charge >= 0.3 is 0 Å². The molecule has 23 heavy (non-hydrogen) atoms. The largest absolute Gasteiger partial charge is 0.325 e. The number of anilines is 2. The van der Waals surface area contributed by atoms with Gasteiger partial charge in [0.2, 0.25) is 11.8 Å². The van der Waals surface area contributed by atoms with E-state index in [-0.39, 0.29) is 23.7 Å². The number of aromatic nitrogens is 2. The van der Waals surface area contributed by atoms with Crippen LogP contribution in [0.1, 0.15) is 24.8 Å². The van der Waals surface area contributed by atoms with Crippen molar-refractivity contribution in [1.29, 1.82) is 0 Å². The van der Waals surface area contributed by atoms with E-state index >= 15 is 0 Å². The van der Waals surface area contributed by atoms with E-state index < -0.39 is 0 Å². The van der Waals surface area contributed by atoms with Crippen LogP contribution >= 0.6 is 15.9 Å². The monoisotopic (exact) mass is 376 g/mol. The van der Waals surface area contributed by atoms with E-state index in [1.807, 2.05) is 19.3 Å². The maximum atomic E-state index is 12.4. The van der Waals surface area contributed by atoms with E-state index in [9.17, 15) is 9.59 Å². The maximum Gasteiger partial charge on any atom is 0.228 e. The fourth-order valence-corrected chi connectivity index (χ4v) is 2.99. The molecule has 3 rings (SSSR count). The van der Waals surface area contributed by atoms with Crippen LogP contribution in [0.25, 0.3) is 0 Å². The smallest absolute Gasteiger partial charge is 0.228 e. The van der Waals surface area contributed by atoms with Gasteiger partial charge in [-0.2, -0.15) is 5.10 Å². The SMILES string of the molecule is CC(=O)Nc1ccc(Br)cc1NC(=O)C1CC1c1cnn(C)c1. The topological polar surface area (TPSA) is 76.0 Å². The lowest BCUT2D eigenvalue weighted by Gasteiger charge is -2.12. The second-order valence-corrected chi connectivity index (χ2v) is 6.67. The molecule has 1 aliphatic carbocycles. The Kier molecular flexibility index (Phi) is 4.21. The van der Waals surface area contributed by atoms with Crippen molar-refractivity contribution < 1.29 is 9.59 Å². The Hall–Kier alpha value is -2.15. The molecular weight excluding hydrogens is 360 g/mol. The number of rotatable bonds is 4. The molecule has 1 aromatic carbocycles. The number of nitrogens with one attached hydrogen (secondary N) is 2. The minimum absolute atomic E-state index is 0.0384. The van der Waals surface area contributed by atoms with Gasteiger partial charge in [-0.15, -0.1) is 0 Å². The second-order valence-electron chi connectivity index (χ2n) is 5.76. The third-order valence-corrected chi connectivity index (χ3v) is 4.32. The number of nitrogens with zero attached hydrogens (tertiary/aromatic N) is 2. The van der Waals surface area contributed by atoms with Crippen LogP contribution in [0, 0.1) is 5.92 Å². The van der Waals surface area contributed by atoms with Gasteiger partial charge in [-0.25, -0.2) is 0 Å². The third-order valence-electron chi connectivity index (χ3n) is 3.83. The number of amides is 2. The Balaban J connectivity index is 1.71. The number of hydrogen-bond acceptors (Lipinski definition) is 3. The van der Waals surface area contributed by atoms with E-state index in [2.05, 4.69) is 31.7 Å². The molecular formula is C16H17BrN4O2. The highest BCUT2D eigenvalue weighted by Gasteiger charge is 2.44. The predicted octanol–water partition coefficient (Wildman–Crippen LogP) is 2.88. The Morgan fingerprint density at radius 3 is 2.74 bits per heavy atom. The summed E-state index contributed by atoms with van der Waals surface area (Å²) in [7, 11) is 1.86. The third kappa shape index (κ3) is 3.61. The molecule has 0 bridgehead atoms. The van der Waals surface area contributed by atoms with E-state index in [1.54, 1.807) is 23.0 Å². The van der Waals surface area contributed by atoms with Gasteiger partial charge in [0, 0.05) is 30.6 Å². The Labute approximate surface area is 142 Å². The molecule has 2 atom stereocenters. The van der Waals surface area contributed by atoms with E-state index in [0.29, 0.717) is 11.4 Å². The minimum Gasteiger partial charge on any atom is -0.325 e. The van der Waals surface area contributed by atoms with Gasteiger partial charge in [-0.1, -0.05) is 15.9 Å². The van der Waals surface area contributed by atoms with Gasteiger partial charge < -0.3 is 10.6 Å². The Bertz CT molecular complexity index is 771. The lowest BCUT2D eigenvalue weighted by atomic mass is 10.2. The summed E-state index contributed by atoms with van der Waals surface area (Å²) in [6.45, 7) is 1.44.